The zero-order valence-corrected chi connectivity index (χ0v) is 15.8. The largest absolute Gasteiger partial charge is 0.316 e. The normalized spacial score (nSPS) is 31.7. The third-order valence-electron chi connectivity index (χ3n) is 5.05. The molecule has 0 aromatic carbocycles. The van der Waals surface area contributed by atoms with Crippen LogP contribution >= 0.6 is 23.7 Å². The highest BCUT2D eigenvalue weighted by Crippen LogP contribution is 2.28. The first-order valence-electron chi connectivity index (χ1n) is 8.34. The molecule has 0 radical (unpaired) electrons. The van der Waals surface area contributed by atoms with Gasteiger partial charge in [-0.25, -0.2) is 4.39 Å². The smallest absolute Gasteiger partial charge is 0.114 e. The summed E-state index contributed by atoms with van der Waals surface area (Å²) in [6.45, 7) is 8.16. The van der Waals surface area contributed by atoms with Gasteiger partial charge in [-0.3, -0.25) is 4.90 Å². The number of likely N-dealkylation sites (N-methyl/N-ethyl adjacent to an activating group) is 1. The van der Waals surface area contributed by atoms with Crippen LogP contribution in [0.5, 0.6) is 0 Å². The van der Waals surface area contributed by atoms with Gasteiger partial charge in [-0.05, 0) is 43.3 Å². The number of hydrogen-bond donors (Lipinski definition) is 1. The Balaban J connectivity index is 0.00000192. The lowest BCUT2D eigenvalue weighted by atomic mass is 9.89. The quantitative estimate of drug-likeness (QED) is 0.840. The van der Waals surface area contributed by atoms with Gasteiger partial charge in [-0.2, -0.15) is 0 Å². The van der Waals surface area contributed by atoms with E-state index in [1.807, 2.05) is 0 Å². The third kappa shape index (κ3) is 5.13. The summed E-state index contributed by atoms with van der Waals surface area (Å²) in [6, 6.07) is 4.58. The van der Waals surface area contributed by atoms with Crippen molar-refractivity contribution in [2.45, 2.75) is 38.5 Å². The Hall–Kier alpha value is -0.200. The number of nitrogens with one attached hydrogen (secondary N) is 1. The lowest BCUT2D eigenvalue weighted by Gasteiger charge is -2.33. The van der Waals surface area contributed by atoms with E-state index in [2.05, 4.69) is 46.6 Å². The average Bonchev–Trinajstić information content (AvgIpc) is 3.14. The second-order valence-corrected chi connectivity index (χ2v) is 8.46. The van der Waals surface area contributed by atoms with E-state index in [1.165, 1.54) is 11.3 Å². The summed E-state index contributed by atoms with van der Waals surface area (Å²) < 4.78 is 13.9. The predicted molar refractivity (Wildman–Crippen MR) is 98.4 cm³/mol. The molecule has 23 heavy (non-hydrogen) atoms. The molecule has 1 N–H and O–H groups in total. The molecule has 0 saturated carbocycles. The summed E-state index contributed by atoms with van der Waals surface area (Å²) >= 11 is 1.77. The minimum atomic E-state index is -0.665. The summed E-state index contributed by atoms with van der Waals surface area (Å²) in [5, 5.41) is 5.57. The van der Waals surface area contributed by atoms with Gasteiger partial charge in [0.1, 0.15) is 6.17 Å². The second-order valence-electron chi connectivity index (χ2n) is 7.43. The Morgan fingerprint density at radius 1 is 1.52 bits per heavy atom. The van der Waals surface area contributed by atoms with Crippen LogP contribution in [-0.4, -0.2) is 61.8 Å². The molecule has 0 bridgehead atoms. The average molecular weight is 362 g/mol. The maximum atomic E-state index is 13.9. The van der Waals surface area contributed by atoms with E-state index in [0.717, 1.165) is 32.7 Å². The molecule has 1 aromatic rings. The van der Waals surface area contributed by atoms with Crippen LogP contribution in [-0.2, 0) is 6.54 Å². The number of thiophene rings is 1. The molecule has 3 heterocycles. The van der Waals surface area contributed by atoms with Crippen LogP contribution in [0.25, 0.3) is 0 Å². The zero-order valence-electron chi connectivity index (χ0n) is 14.1. The van der Waals surface area contributed by atoms with Gasteiger partial charge in [0, 0.05) is 43.6 Å². The van der Waals surface area contributed by atoms with Gasteiger partial charge in [0.15, 0.2) is 0 Å². The monoisotopic (exact) mass is 361 g/mol. The van der Waals surface area contributed by atoms with Crippen molar-refractivity contribution < 1.29 is 4.39 Å². The molecule has 6 heteroatoms. The predicted octanol–water partition coefficient (Wildman–Crippen LogP) is 3.01. The van der Waals surface area contributed by atoms with Crippen molar-refractivity contribution in [3.8, 4) is 0 Å². The summed E-state index contributed by atoms with van der Waals surface area (Å²) in [6.07, 6.45) is 1.26. The number of rotatable bonds is 6. The number of halogens is 2. The number of nitrogens with zero attached hydrogens (tertiary/aromatic N) is 2. The van der Waals surface area contributed by atoms with Gasteiger partial charge in [0.25, 0.3) is 0 Å². The fourth-order valence-electron chi connectivity index (χ4n) is 3.99. The fourth-order valence-corrected chi connectivity index (χ4v) is 4.72. The Morgan fingerprint density at radius 2 is 2.35 bits per heavy atom. The second kappa shape index (κ2) is 8.26. The molecule has 2 aliphatic rings. The summed E-state index contributed by atoms with van der Waals surface area (Å²) in [7, 11) is 2.19. The minimum absolute atomic E-state index is 0. The van der Waals surface area contributed by atoms with Crippen molar-refractivity contribution in [1.82, 2.24) is 15.1 Å². The number of alkyl halides is 1. The van der Waals surface area contributed by atoms with Crippen molar-refractivity contribution in [3.63, 3.8) is 0 Å². The van der Waals surface area contributed by atoms with Crippen LogP contribution in [0, 0.1) is 5.41 Å². The topological polar surface area (TPSA) is 18.5 Å². The molecule has 2 saturated heterocycles. The Bertz CT molecular complexity index is 464. The van der Waals surface area contributed by atoms with Crippen LogP contribution < -0.4 is 5.32 Å². The molecule has 0 aliphatic carbocycles. The molecule has 2 fully saturated rings. The first-order valence-corrected chi connectivity index (χ1v) is 9.22. The molecule has 2 aliphatic heterocycles. The van der Waals surface area contributed by atoms with Crippen molar-refractivity contribution in [3.05, 3.63) is 22.4 Å². The summed E-state index contributed by atoms with van der Waals surface area (Å²) in [5.74, 6) is 0. The van der Waals surface area contributed by atoms with Crippen molar-refractivity contribution in [2.75, 3.05) is 39.8 Å². The molecular weight excluding hydrogens is 333 g/mol. The first-order chi connectivity index (χ1) is 10.5. The highest BCUT2D eigenvalue weighted by molar-refractivity contribution is 7.09. The van der Waals surface area contributed by atoms with Gasteiger partial charge in [0.05, 0.1) is 0 Å². The van der Waals surface area contributed by atoms with Crippen LogP contribution in [0.3, 0.4) is 0 Å². The standard InChI is InChI=1S/C17H28FN3S.ClH/c1-17(5-6-19-12-17)13-20(2)10-15-8-14(18)9-21(15)11-16-4-3-7-22-16;/h3-4,7,14-15,19H,5-6,8-13H2,1-2H3;1H/t14-,15-,17?;/m0./s1. The van der Waals surface area contributed by atoms with Gasteiger partial charge < -0.3 is 10.2 Å². The highest BCUT2D eigenvalue weighted by atomic mass is 35.5. The fraction of sp³-hybridized carbons (Fsp3) is 0.765. The molecule has 3 nitrogen and oxygen atoms in total. The van der Waals surface area contributed by atoms with Gasteiger partial charge in [0.2, 0.25) is 0 Å². The Morgan fingerprint density at radius 3 is 3.00 bits per heavy atom. The summed E-state index contributed by atoms with van der Waals surface area (Å²) in [5.41, 5.74) is 0.376. The van der Waals surface area contributed by atoms with Crippen molar-refractivity contribution >= 4 is 23.7 Å². The van der Waals surface area contributed by atoms with Gasteiger partial charge in [-0.1, -0.05) is 13.0 Å². The SMILES string of the molecule is CN(C[C@@H]1C[C@H](F)CN1Cc1cccs1)CC1(C)CCNC1.Cl. The highest BCUT2D eigenvalue weighted by Gasteiger charge is 2.35. The number of likely N-dealkylation sites (tertiary alicyclic amines) is 1. The van der Waals surface area contributed by atoms with E-state index in [1.54, 1.807) is 11.3 Å². The molecule has 1 unspecified atom stereocenters. The van der Waals surface area contributed by atoms with E-state index in [0.29, 0.717) is 24.4 Å². The van der Waals surface area contributed by atoms with Gasteiger partial charge >= 0.3 is 0 Å². The molecular formula is C17H29ClFN3S. The van der Waals surface area contributed by atoms with E-state index in [4.69, 9.17) is 0 Å². The third-order valence-corrected chi connectivity index (χ3v) is 5.91. The molecule has 1 aromatic heterocycles. The van der Waals surface area contributed by atoms with Gasteiger partial charge in [-0.15, -0.1) is 23.7 Å². The molecule has 0 amide bonds. The maximum Gasteiger partial charge on any atom is 0.114 e. The van der Waals surface area contributed by atoms with Crippen molar-refractivity contribution in [1.29, 1.82) is 0 Å². The molecule has 3 atom stereocenters. The Kier molecular flexibility index (Phi) is 6.87. The minimum Gasteiger partial charge on any atom is -0.316 e. The van der Waals surface area contributed by atoms with Crippen molar-refractivity contribution in [2.24, 2.45) is 5.41 Å². The van der Waals surface area contributed by atoms with E-state index < -0.39 is 6.17 Å². The van der Waals surface area contributed by atoms with Crippen LogP contribution in [0.4, 0.5) is 4.39 Å². The molecule has 132 valence electrons. The Labute approximate surface area is 149 Å². The van der Waals surface area contributed by atoms with Crippen LogP contribution in [0.15, 0.2) is 17.5 Å². The van der Waals surface area contributed by atoms with E-state index >= 15 is 0 Å². The maximum absolute atomic E-state index is 13.9. The van der Waals surface area contributed by atoms with E-state index in [9.17, 15) is 4.39 Å². The zero-order chi connectivity index (χ0) is 15.6. The molecule has 0 spiro atoms. The number of hydrogen-bond acceptors (Lipinski definition) is 4. The van der Waals surface area contributed by atoms with Crippen LogP contribution in [0.1, 0.15) is 24.6 Å². The lowest BCUT2D eigenvalue weighted by molar-refractivity contribution is 0.149. The molecule has 3 rings (SSSR count). The van der Waals surface area contributed by atoms with Crippen LogP contribution in [0.2, 0.25) is 0 Å². The first kappa shape index (κ1) is 19.1. The van der Waals surface area contributed by atoms with E-state index in [-0.39, 0.29) is 12.4 Å². The summed E-state index contributed by atoms with van der Waals surface area (Å²) in [4.78, 5) is 6.09. The lowest BCUT2D eigenvalue weighted by Crippen LogP contribution is -2.42.